The van der Waals surface area contributed by atoms with Crippen LogP contribution in [0.25, 0.3) is 0 Å². The number of carbonyl (C=O) groups excluding carboxylic acids is 1. The van der Waals surface area contributed by atoms with E-state index in [9.17, 15) is 4.79 Å². The van der Waals surface area contributed by atoms with Gasteiger partial charge in [0.05, 0.1) is 15.9 Å². The highest BCUT2D eigenvalue weighted by molar-refractivity contribution is 9.10. The molecule has 17 heavy (non-hydrogen) atoms. The van der Waals surface area contributed by atoms with Gasteiger partial charge in [0.2, 0.25) is 5.91 Å². The van der Waals surface area contributed by atoms with Gasteiger partial charge in [0.25, 0.3) is 0 Å². The Morgan fingerprint density at radius 3 is 2.76 bits per heavy atom. The first-order valence-corrected chi connectivity index (χ1v) is 6.30. The molecule has 0 saturated heterocycles. The third-order valence-electron chi connectivity index (χ3n) is 2.43. The molecule has 1 aromatic heterocycles. The molecule has 0 saturated carbocycles. The Balaban J connectivity index is 2.42. The number of hydrogen-bond acceptors (Lipinski definition) is 3. The fourth-order valence-corrected chi connectivity index (χ4v) is 1.75. The second-order valence-corrected chi connectivity index (χ2v) is 4.63. The normalized spacial score (nSPS) is 10.6. The Hall–Kier alpha value is -0.880. The molecule has 1 N–H and O–H groups in total. The summed E-state index contributed by atoms with van der Waals surface area (Å²) in [4.78, 5) is 11.6. The zero-order valence-electron chi connectivity index (χ0n) is 10.4. The number of nitrogens with one attached hydrogen (secondary N) is 1. The zero-order valence-corrected chi connectivity index (χ0v) is 12.0. The van der Waals surface area contributed by atoms with Crippen LogP contribution in [0.2, 0.25) is 0 Å². The quantitative estimate of drug-likeness (QED) is 0.809. The minimum Gasteiger partial charge on any atom is -0.385 e. The van der Waals surface area contributed by atoms with E-state index in [2.05, 4.69) is 26.3 Å². The Kier molecular flexibility index (Phi) is 5.64. The van der Waals surface area contributed by atoms with Crippen LogP contribution in [-0.2, 0) is 16.1 Å². The van der Waals surface area contributed by atoms with Crippen LogP contribution >= 0.6 is 15.9 Å². The van der Waals surface area contributed by atoms with E-state index in [1.807, 2.05) is 13.8 Å². The summed E-state index contributed by atoms with van der Waals surface area (Å²) in [6.07, 6.45) is 0.822. The van der Waals surface area contributed by atoms with Crippen molar-refractivity contribution in [3.8, 4) is 0 Å². The molecule has 1 aromatic rings. The average Bonchev–Trinajstić information content (AvgIpc) is 2.53. The van der Waals surface area contributed by atoms with Crippen molar-refractivity contribution in [3.63, 3.8) is 0 Å². The predicted octanol–water partition coefficient (Wildman–Crippen LogP) is 1.42. The van der Waals surface area contributed by atoms with Crippen molar-refractivity contribution in [2.24, 2.45) is 0 Å². The van der Waals surface area contributed by atoms with Crippen LogP contribution < -0.4 is 5.32 Å². The number of methoxy groups -OCH3 is 1. The Morgan fingerprint density at radius 1 is 1.53 bits per heavy atom. The van der Waals surface area contributed by atoms with E-state index in [1.165, 1.54) is 0 Å². The zero-order chi connectivity index (χ0) is 12.8. The molecule has 5 nitrogen and oxygen atoms in total. The number of hydrogen-bond donors (Lipinski definition) is 1. The van der Waals surface area contributed by atoms with Gasteiger partial charge >= 0.3 is 0 Å². The SMILES string of the molecule is COCCCNC(=O)Cn1nc(C)c(Br)c1C. The summed E-state index contributed by atoms with van der Waals surface area (Å²) in [6.45, 7) is 5.39. The lowest BCUT2D eigenvalue weighted by molar-refractivity contribution is -0.121. The van der Waals surface area contributed by atoms with Crippen molar-refractivity contribution < 1.29 is 9.53 Å². The van der Waals surface area contributed by atoms with Gasteiger partial charge in [-0.2, -0.15) is 5.10 Å². The topological polar surface area (TPSA) is 56.1 Å². The highest BCUT2D eigenvalue weighted by Crippen LogP contribution is 2.19. The smallest absolute Gasteiger partial charge is 0.241 e. The molecule has 0 aromatic carbocycles. The molecule has 0 radical (unpaired) electrons. The van der Waals surface area contributed by atoms with E-state index in [0.717, 1.165) is 22.3 Å². The Morgan fingerprint density at radius 2 is 2.24 bits per heavy atom. The third kappa shape index (κ3) is 4.12. The number of nitrogens with zero attached hydrogens (tertiary/aromatic N) is 2. The van der Waals surface area contributed by atoms with Gasteiger partial charge in [-0.15, -0.1) is 0 Å². The maximum absolute atomic E-state index is 11.6. The van der Waals surface area contributed by atoms with Gasteiger partial charge in [-0.1, -0.05) is 0 Å². The molecule has 0 bridgehead atoms. The van der Waals surface area contributed by atoms with Crippen LogP contribution in [-0.4, -0.2) is 35.9 Å². The van der Waals surface area contributed by atoms with Crippen LogP contribution in [0.4, 0.5) is 0 Å². The third-order valence-corrected chi connectivity index (χ3v) is 3.58. The number of carbonyl (C=O) groups is 1. The first-order valence-electron chi connectivity index (χ1n) is 5.51. The molecule has 0 aliphatic rings. The van der Waals surface area contributed by atoms with E-state index in [1.54, 1.807) is 11.8 Å². The standard InChI is InChI=1S/C11H18BrN3O2/c1-8-11(12)9(2)15(14-8)7-10(16)13-5-4-6-17-3/h4-7H2,1-3H3,(H,13,16). The number of aryl methyl sites for hydroxylation is 1. The highest BCUT2D eigenvalue weighted by Gasteiger charge is 2.11. The summed E-state index contributed by atoms with van der Waals surface area (Å²) in [7, 11) is 1.65. The lowest BCUT2D eigenvalue weighted by atomic mass is 10.4. The van der Waals surface area contributed by atoms with Gasteiger partial charge in [-0.05, 0) is 36.2 Å². The van der Waals surface area contributed by atoms with E-state index in [4.69, 9.17) is 4.74 Å². The van der Waals surface area contributed by atoms with Gasteiger partial charge in [0, 0.05) is 20.3 Å². The molecule has 1 rings (SSSR count). The summed E-state index contributed by atoms with van der Waals surface area (Å²) >= 11 is 3.43. The van der Waals surface area contributed by atoms with Crippen LogP contribution in [0, 0.1) is 13.8 Å². The number of aromatic nitrogens is 2. The molecular weight excluding hydrogens is 286 g/mol. The largest absolute Gasteiger partial charge is 0.385 e. The van der Waals surface area contributed by atoms with Gasteiger partial charge in [-0.3, -0.25) is 9.48 Å². The summed E-state index contributed by atoms with van der Waals surface area (Å²) in [5.41, 5.74) is 1.87. The lowest BCUT2D eigenvalue weighted by Gasteiger charge is -2.06. The summed E-state index contributed by atoms with van der Waals surface area (Å²) in [5.74, 6) is -0.0285. The summed E-state index contributed by atoms with van der Waals surface area (Å²) in [5, 5.41) is 7.11. The van der Waals surface area contributed by atoms with E-state index < -0.39 is 0 Å². The molecular formula is C11H18BrN3O2. The van der Waals surface area contributed by atoms with Gasteiger partial charge in [0.15, 0.2) is 0 Å². The van der Waals surface area contributed by atoms with Gasteiger partial charge < -0.3 is 10.1 Å². The van der Waals surface area contributed by atoms with Gasteiger partial charge in [-0.25, -0.2) is 0 Å². The maximum Gasteiger partial charge on any atom is 0.241 e. The van der Waals surface area contributed by atoms with E-state index in [-0.39, 0.29) is 12.5 Å². The van der Waals surface area contributed by atoms with Crippen LogP contribution in [0.3, 0.4) is 0 Å². The number of halogens is 1. The monoisotopic (exact) mass is 303 g/mol. The number of amides is 1. The van der Waals surface area contributed by atoms with Crippen molar-refractivity contribution in [1.82, 2.24) is 15.1 Å². The minimum absolute atomic E-state index is 0.0285. The van der Waals surface area contributed by atoms with Crippen molar-refractivity contribution in [2.75, 3.05) is 20.3 Å². The number of ether oxygens (including phenoxy) is 1. The molecule has 1 amide bonds. The van der Waals surface area contributed by atoms with Crippen molar-refractivity contribution >= 4 is 21.8 Å². The summed E-state index contributed by atoms with van der Waals surface area (Å²) < 4.78 is 7.57. The molecule has 96 valence electrons. The molecule has 0 aliphatic carbocycles. The van der Waals surface area contributed by atoms with Crippen molar-refractivity contribution in [2.45, 2.75) is 26.8 Å². The molecule has 0 fully saturated rings. The average molecular weight is 304 g/mol. The van der Waals surface area contributed by atoms with E-state index >= 15 is 0 Å². The maximum atomic E-state index is 11.6. The van der Waals surface area contributed by atoms with Crippen LogP contribution in [0.1, 0.15) is 17.8 Å². The predicted molar refractivity (Wildman–Crippen MR) is 68.9 cm³/mol. The minimum atomic E-state index is -0.0285. The van der Waals surface area contributed by atoms with Gasteiger partial charge in [0.1, 0.15) is 6.54 Å². The second-order valence-electron chi connectivity index (χ2n) is 3.84. The Labute approximate surface area is 110 Å². The molecule has 0 aliphatic heterocycles. The fourth-order valence-electron chi connectivity index (χ4n) is 1.47. The fraction of sp³-hybridized carbons (Fsp3) is 0.636. The molecule has 0 spiro atoms. The second kappa shape index (κ2) is 6.76. The molecule has 6 heteroatoms. The van der Waals surface area contributed by atoms with E-state index in [0.29, 0.717) is 13.2 Å². The van der Waals surface area contributed by atoms with Crippen LogP contribution in [0.5, 0.6) is 0 Å². The van der Waals surface area contributed by atoms with Crippen molar-refractivity contribution in [1.29, 1.82) is 0 Å². The first-order chi connectivity index (χ1) is 8.06. The van der Waals surface area contributed by atoms with Crippen LogP contribution in [0.15, 0.2) is 4.47 Å². The first kappa shape index (κ1) is 14.2. The summed E-state index contributed by atoms with van der Waals surface area (Å²) in [6, 6.07) is 0. The molecule has 1 heterocycles. The Bertz CT molecular complexity index is 390. The lowest BCUT2D eigenvalue weighted by Crippen LogP contribution is -2.29. The molecule has 0 atom stereocenters. The number of rotatable bonds is 6. The molecule has 0 unspecified atom stereocenters. The van der Waals surface area contributed by atoms with Crippen molar-refractivity contribution in [3.05, 3.63) is 15.9 Å². The highest BCUT2D eigenvalue weighted by atomic mass is 79.9.